The number of hydrogen-bond acceptors (Lipinski definition) is 3. The molecular weight excluding hydrogens is 226 g/mol. The van der Waals surface area contributed by atoms with Gasteiger partial charge in [0.25, 0.3) is 5.91 Å². The highest BCUT2D eigenvalue weighted by atomic mass is 16.1. The number of amides is 1. The van der Waals surface area contributed by atoms with Crippen LogP contribution in [-0.4, -0.2) is 30.5 Å². The fourth-order valence-electron chi connectivity index (χ4n) is 2.10. The second-order valence-corrected chi connectivity index (χ2v) is 5.23. The van der Waals surface area contributed by atoms with E-state index in [4.69, 9.17) is 0 Å². The topological polar surface area (TPSA) is 45.2 Å². The largest absolute Gasteiger partial charge is 0.370 e. The molecule has 1 saturated heterocycles. The summed E-state index contributed by atoms with van der Waals surface area (Å²) < 4.78 is 0. The van der Waals surface area contributed by atoms with Gasteiger partial charge in [-0.05, 0) is 24.8 Å². The van der Waals surface area contributed by atoms with Gasteiger partial charge in [-0.25, -0.2) is 0 Å². The molecule has 0 aliphatic carbocycles. The Morgan fingerprint density at radius 2 is 2.11 bits per heavy atom. The number of carbonyl (C=O) groups excluding carboxylic acids is 1. The van der Waals surface area contributed by atoms with E-state index in [-0.39, 0.29) is 5.91 Å². The number of rotatable bonds is 4. The van der Waals surface area contributed by atoms with Crippen molar-refractivity contribution in [2.45, 2.75) is 26.7 Å². The van der Waals surface area contributed by atoms with Gasteiger partial charge in [0.1, 0.15) is 0 Å². The first-order chi connectivity index (χ1) is 8.66. The van der Waals surface area contributed by atoms with Gasteiger partial charge in [-0.15, -0.1) is 0 Å². The lowest BCUT2D eigenvalue weighted by atomic mass is 10.2. The minimum absolute atomic E-state index is 0.0303. The number of nitrogens with one attached hydrogen (secondary N) is 1. The van der Waals surface area contributed by atoms with Crippen molar-refractivity contribution in [2.75, 3.05) is 24.5 Å². The Morgan fingerprint density at radius 1 is 1.39 bits per heavy atom. The van der Waals surface area contributed by atoms with E-state index in [1.54, 1.807) is 6.20 Å². The molecule has 0 aromatic carbocycles. The van der Waals surface area contributed by atoms with E-state index in [9.17, 15) is 4.79 Å². The summed E-state index contributed by atoms with van der Waals surface area (Å²) in [7, 11) is 0. The van der Waals surface area contributed by atoms with E-state index < -0.39 is 0 Å². The van der Waals surface area contributed by atoms with Crippen LogP contribution >= 0.6 is 0 Å². The summed E-state index contributed by atoms with van der Waals surface area (Å²) in [5, 5.41) is 2.92. The molecule has 0 unspecified atom stereocenters. The standard InChI is InChI=1S/C14H21N3O/c1-11(2)8-16-14(18)12-7-13(10-15-9-12)17-5-3-4-6-17/h7,9-11H,3-6,8H2,1-2H3,(H,16,18). The molecule has 98 valence electrons. The zero-order valence-corrected chi connectivity index (χ0v) is 11.1. The predicted octanol–water partition coefficient (Wildman–Crippen LogP) is 2.07. The maximum absolute atomic E-state index is 11.9. The summed E-state index contributed by atoms with van der Waals surface area (Å²) in [5.74, 6) is 0.431. The van der Waals surface area contributed by atoms with Gasteiger partial charge >= 0.3 is 0 Å². The summed E-state index contributed by atoms with van der Waals surface area (Å²) in [4.78, 5) is 18.4. The summed E-state index contributed by atoms with van der Waals surface area (Å²) in [5.41, 5.74) is 1.71. The lowest BCUT2D eigenvalue weighted by Crippen LogP contribution is -2.27. The summed E-state index contributed by atoms with van der Waals surface area (Å²) in [6.45, 7) is 7.00. The highest BCUT2D eigenvalue weighted by molar-refractivity contribution is 5.94. The minimum Gasteiger partial charge on any atom is -0.370 e. The average molecular weight is 247 g/mol. The van der Waals surface area contributed by atoms with Crippen LogP contribution in [0.3, 0.4) is 0 Å². The maximum atomic E-state index is 11.9. The number of nitrogens with zero attached hydrogens (tertiary/aromatic N) is 2. The first kappa shape index (κ1) is 12.9. The van der Waals surface area contributed by atoms with Gasteiger partial charge in [0.05, 0.1) is 17.4 Å². The van der Waals surface area contributed by atoms with E-state index in [2.05, 4.69) is 29.0 Å². The molecular formula is C14H21N3O. The molecule has 1 aromatic rings. The number of carbonyl (C=O) groups is 1. The van der Waals surface area contributed by atoms with Gasteiger partial charge in [-0.1, -0.05) is 13.8 Å². The Bertz CT molecular complexity index is 411. The zero-order chi connectivity index (χ0) is 13.0. The molecule has 0 radical (unpaired) electrons. The molecule has 4 heteroatoms. The van der Waals surface area contributed by atoms with Gasteiger partial charge in [0, 0.05) is 25.8 Å². The van der Waals surface area contributed by atoms with E-state index in [0.29, 0.717) is 18.0 Å². The fraction of sp³-hybridized carbons (Fsp3) is 0.571. The van der Waals surface area contributed by atoms with Crippen molar-refractivity contribution < 1.29 is 4.79 Å². The first-order valence-corrected chi connectivity index (χ1v) is 6.65. The minimum atomic E-state index is -0.0303. The van der Waals surface area contributed by atoms with Gasteiger partial charge < -0.3 is 10.2 Å². The van der Waals surface area contributed by atoms with E-state index >= 15 is 0 Å². The van der Waals surface area contributed by atoms with Crippen molar-refractivity contribution in [3.05, 3.63) is 24.0 Å². The van der Waals surface area contributed by atoms with Crippen LogP contribution in [0.1, 0.15) is 37.0 Å². The Labute approximate surface area is 108 Å². The Morgan fingerprint density at radius 3 is 2.78 bits per heavy atom. The predicted molar refractivity (Wildman–Crippen MR) is 72.9 cm³/mol. The third-order valence-electron chi connectivity index (χ3n) is 3.13. The fourth-order valence-corrected chi connectivity index (χ4v) is 2.10. The first-order valence-electron chi connectivity index (χ1n) is 6.65. The number of hydrogen-bond donors (Lipinski definition) is 1. The quantitative estimate of drug-likeness (QED) is 0.886. The normalized spacial score (nSPS) is 15.2. The highest BCUT2D eigenvalue weighted by Crippen LogP contribution is 2.19. The smallest absolute Gasteiger partial charge is 0.252 e. The SMILES string of the molecule is CC(C)CNC(=O)c1cncc(N2CCCC2)c1. The molecule has 1 fully saturated rings. The van der Waals surface area contributed by atoms with Crippen molar-refractivity contribution in [3.8, 4) is 0 Å². The summed E-state index contributed by atoms with van der Waals surface area (Å²) in [6, 6.07) is 1.94. The number of aromatic nitrogens is 1. The van der Waals surface area contributed by atoms with Gasteiger partial charge in [0.15, 0.2) is 0 Å². The highest BCUT2D eigenvalue weighted by Gasteiger charge is 2.14. The van der Waals surface area contributed by atoms with Gasteiger partial charge in [-0.2, -0.15) is 0 Å². The molecule has 1 aliphatic heterocycles. The van der Waals surface area contributed by atoms with Gasteiger partial charge in [-0.3, -0.25) is 9.78 Å². The third-order valence-corrected chi connectivity index (χ3v) is 3.13. The molecule has 1 aliphatic rings. The monoisotopic (exact) mass is 247 g/mol. The van der Waals surface area contributed by atoms with E-state index in [1.807, 2.05) is 12.3 Å². The second kappa shape index (κ2) is 5.85. The molecule has 0 spiro atoms. The van der Waals surface area contributed by atoms with E-state index in [1.165, 1.54) is 12.8 Å². The molecule has 0 atom stereocenters. The summed E-state index contributed by atoms with van der Waals surface area (Å²) >= 11 is 0. The molecule has 4 nitrogen and oxygen atoms in total. The number of anilines is 1. The van der Waals surface area contributed by atoms with Gasteiger partial charge in [0.2, 0.25) is 0 Å². The molecule has 0 bridgehead atoms. The molecule has 0 saturated carbocycles. The van der Waals surface area contributed by atoms with E-state index in [0.717, 1.165) is 18.8 Å². The average Bonchev–Trinajstić information content (AvgIpc) is 2.90. The molecule has 2 rings (SSSR count). The van der Waals surface area contributed by atoms with Crippen molar-refractivity contribution in [2.24, 2.45) is 5.92 Å². The van der Waals surface area contributed by atoms with Crippen LogP contribution in [0.5, 0.6) is 0 Å². The van der Waals surface area contributed by atoms with Crippen molar-refractivity contribution in [3.63, 3.8) is 0 Å². The van der Waals surface area contributed by atoms with Crippen LogP contribution in [0, 0.1) is 5.92 Å². The maximum Gasteiger partial charge on any atom is 0.252 e. The third kappa shape index (κ3) is 3.22. The Balaban J connectivity index is 2.04. The van der Waals surface area contributed by atoms with Crippen LogP contribution in [0.15, 0.2) is 18.5 Å². The van der Waals surface area contributed by atoms with Crippen LogP contribution < -0.4 is 10.2 Å². The van der Waals surface area contributed by atoms with Crippen molar-refractivity contribution in [1.29, 1.82) is 0 Å². The molecule has 1 aromatic heterocycles. The van der Waals surface area contributed by atoms with Crippen LogP contribution in [-0.2, 0) is 0 Å². The number of pyridine rings is 1. The molecule has 2 heterocycles. The van der Waals surface area contributed by atoms with Crippen LogP contribution in [0.25, 0.3) is 0 Å². The molecule has 1 amide bonds. The van der Waals surface area contributed by atoms with Crippen molar-refractivity contribution >= 4 is 11.6 Å². The Hall–Kier alpha value is -1.58. The van der Waals surface area contributed by atoms with Crippen molar-refractivity contribution in [1.82, 2.24) is 10.3 Å². The Kier molecular flexibility index (Phi) is 4.18. The lowest BCUT2D eigenvalue weighted by molar-refractivity contribution is 0.0948. The summed E-state index contributed by atoms with van der Waals surface area (Å²) in [6.07, 6.45) is 5.92. The zero-order valence-electron chi connectivity index (χ0n) is 11.1. The van der Waals surface area contributed by atoms with Crippen LogP contribution in [0.2, 0.25) is 0 Å². The van der Waals surface area contributed by atoms with Crippen LogP contribution in [0.4, 0.5) is 5.69 Å². The molecule has 18 heavy (non-hydrogen) atoms. The lowest BCUT2D eigenvalue weighted by Gasteiger charge is -2.17. The molecule has 1 N–H and O–H groups in total. The second-order valence-electron chi connectivity index (χ2n) is 5.23.